The van der Waals surface area contributed by atoms with Crippen LogP contribution in [0.4, 0.5) is 0 Å². The third-order valence-corrected chi connectivity index (χ3v) is 3.40. The Morgan fingerprint density at radius 2 is 2.10 bits per heavy atom. The number of hydrogen-bond donors (Lipinski definition) is 2. The fourth-order valence-electron chi connectivity index (χ4n) is 1.93. The van der Waals surface area contributed by atoms with Crippen molar-refractivity contribution < 1.29 is 14.6 Å². The van der Waals surface area contributed by atoms with Gasteiger partial charge in [0.15, 0.2) is 6.61 Å². The SMILES string of the molecule is CC(CO)CCCNC(=O)COc1cccc(C(C)C)c1. The largest absolute Gasteiger partial charge is 0.484 e. The summed E-state index contributed by atoms with van der Waals surface area (Å²) in [7, 11) is 0. The molecule has 0 radical (unpaired) electrons. The maximum absolute atomic E-state index is 11.7. The number of carbonyl (C=O) groups excluding carboxylic acids is 1. The van der Waals surface area contributed by atoms with Crippen molar-refractivity contribution in [3.05, 3.63) is 29.8 Å². The van der Waals surface area contributed by atoms with Crippen molar-refractivity contribution in [3.63, 3.8) is 0 Å². The summed E-state index contributed by atoms with van der Waals surface area (Å²) < 4.78 is 5.51. The lowest BCUT2D eigenvalue weighted by Gasteiger charge is -2.11. The molecule has 1 rings (SSSR count). The predicted octanol–water partition coefficient (Wildman–Crippen LogP) is 2.71. The molecule has 1 atom stereocenters. The van der Waals surface area contributed by atoms with E-state index in [1.54, 1.807) is 0 Å². The van der Waals surface area contributed by atoms with Crippen LogP contribution in [0.5, 0.6) is 5.75 Å². The molecule has 4 nitrogen and oxygen atoms in total. The molecule has 0 spiro atoms. The van der Waals surface area contributed by atoms with E-state index in [4.69, 9.17) is 9.84 Å². The van der Waals surface area contributed by atoms with Crippen molar-refractivity contribution in [3.8, 4) is 5.75 Å². The molecular weight excluding hydrogens is 266 g/mol. The lowest BCUT2D eigenvalue weighted by molar-refractivity contribution is -0.123. The third-order valence-electron chi connectivity index (χ3n) is 3.40. The van der Waals surface area contributed by atoms with Crippen molar-refractivity contribution in [2.45, 2.75) is 39.5 Å². The quantitative estimate of drug-likeness (QED) is 0.688. The molecular formula is C17H27NO3. The molecule has 0 fully saturated rings. The zero-order valence-corrected chi connectivity index (χ0v) is 13.3. The molecule has 118 valence electrons. The van der Waals surface area contributed by atoms with Gasteiger partial charge < -0.3 is 15.2 Å². The maximum atomic E-state index is 11.7. The third kappa shape index (κ3) is 7.14. The summed E-state index contributed by atoms with van der Waals surface area (Å²) >= 11 is 0. The summed E-state index contributed by atoms with van der Waals surface area (Å²) in [6, 6.07) is 7.84. The number of hydrogen-bond acceptors (Lipinski definition) is 3. The van der Waals surface area contributed by atoms with Gasteiger partial charge >= 0.3 is 0 Å². The zero-order chi connectivity index (χ0) is 15.7. The normalized spacial score (nSPS) is 12.2. The molecule has 0 heterocycles. The standard InChI is InChI=1S/C17H27NO3/c1-13(2)15-7-4-8-16(10-15)21-12-17(20)18-9-5-6-14(3)11-19/h4,7-8,10,13-14,19H,5-6,9,11-12H2,1-3H3,(H,18,20). The second-order valence-electron chi connectivity index (χ2n) is 5.80. The van der Waals surface area contributed by atoms with Crippen molar-refractivity contribution >= 4 is 5.91 Å². The second-order valence-corrected chi connectivity index (χ2v) is 5.80. The minimum Gasteiger partial charge on any atom is -0.484 e. The average Bonchev–Trinajstić information content (AvgIpc) is 2.49. The molecule has 2 N–H and O–H groups in total. The molecule has 1 aromatic rings. The molecule has 0 aliphatic carbocycles. The number of amides is 1. The van der Waals surface area contributed by atoms with Gasteiger partial charge in [0.1, 0.15) is 5.75 Å². The molecule has 0 aliphatic heterocycles. The van der Waals surface area contributed by atoms with Crippen LogP contribution in [-0.4, -0.2) is 30.8 Å². The molecule has 0 saturated carbocycles. The average molecular weight is 293 g/mol. The summed E-state index contributed by atoms with van der Waals surface area (Å²) in [5.41, 5.74) is 1.20. The van der Waals surface area contributed by atoms with Gasteiger partial charge in [0.05, 0.1) is 0 Å². The molecule has 0 bridgehead atoms. The summed E-state index contributed by atoms with van der Waals surface area (Å²) in [6.07, 6.45) is 1.78. The van der Waals surface area contributed by atoms with E-state index in [1.807, 2.05) is 25.1 Å². The van der Waals surface area contributed by atoms with Crippen LogP contribution in [0.25, 0.3) is 0 Å². The Morgan fingerprint density at radius 3 is 2.76 bits per heavy atom. The Kier molecular flexibility index (Phi) is 7.83. The van der Waals surface area contributed by atoms with Crippen LogP contribution in [0.2, 0.25) is 0 Å². The van der Waals surface area contributed by atoms with Gasteiger partial charge in [-0.2, -0.15) is 0 Å². The van der Waals surface area contributed by atoms with Crippen LogP contribution in [-0.2, 0) is 4.79 Å². The van der Waals surface area contributed by atoms with Crippen LogP contribution < -0.4 is 10.1 Å². The lowest BCUT2D eigenvalue weighted by Crippen LogP contribution is -2.30. The van der Waals surface area contributed by atoms with Gasteiger partial charge in [-0.05, 0) is 42.4 Å². The van der Waals surface area contributed by atoms with Gasteiger partial charge in [-0.25, -0.2) is 0 Å². The maximum Gasteiger partial charge on any atom is 0.257 e. The fraction of sp³-hybridized carbons (Fsp3) is 0.588. The van der Waals surface area contributed by atoms with E-state index < -0.39 is 0 Å². The van der Waals surface area contributed by atoms with Gasteiger partial charge in [0, 0.05) is 13.2 Å². The first kappa shape index (κ1) is 17.5. The number of ether oxygens (including phenoxy) is 1. The van der Waals surface area contributed by atoms with Crippen molar-refractivity contribution in [2.75, 3.05) is 19.8 Å². The van der Waals surface area contributed by atoms with Gasteiger partial charge in [-0.15, -0.1) is 0 Å². The van der Waals surface area contributed by atoms with E-state index in [0.29, 0.717) is 12.5 Å². The Balaban J connectivity index is 2.25. The highest BCUT2D eigenvalue weighted by molar-refractivity contribution is 5.77. The van der Waals surface area contributed by atoms with Crippen LogP contribution >= 0.6 is 0 Å². The minimum atomic E-state index is -0.110. The molecule has 0 aromatic heterocycles. The highest BCUT2D eigenvalue weighted by Gasteiger charge is 2.05. The van der Waals surface area contributed by atoms with Crippen molar-refractivity contribution in [1.82, 2.24) is 5.32 Å². The monoisotopic (exact) mass is 293 g/mol. The number of aliphatic hydroxyl groups is 1. The van der Waals surface area contributed by atoms with E-state index in [-0.39, 0.29) is 25.0 Å². The summed E-state index contributed by atoms with van der Waals surface area (Å²) in [5.74, 6) is 1.35. The van der Waals surface area contributed by atoms with E-state index in [2.05, 4.69) is 25.2 Å². The number of nitrogens with one attached hydrogen (secondary N) is 1. The first-order valence-corrected chi connectivity index (χ1v) is 7.63. The number of carbonyl (C=O) groups is 1. The van der Waals surface area contributed by atoms with Gasteiger partial charge in [0.2, 0.25) is 0 Å². The molecule has 1 amide bonds. The highest BCUT2D eigenvalue weighted by Crippen LogP contribution is 2.19. The first-order chi connectivity index (χ1) is 10.0. The van der Waals surface area contributed by atoms with Gasteiger partial charge in [-0.3, -0.25) is 4.79 Å². The Labute approximate surface area is 127 Å². The molecule has 1 unspecified atom stereocenters. The molecule has 1 aromatic carbocycles. The highest BCUT2D eigenvalue weighted by atomic mass is 16.5. The minimum absolute atomic E-state index is 0.0388. The Hall–Kier alpha value is -1.55. The Morgan fingerprint density at radius 1 is 1.33 bits per heavy atom. The molecule has 0 saturated heterocycles. The topological polar surface area (TPSA) is 58.6 Å². The van der Waals surface area contributed by atoms with Gasteiger partial charge in [-0.1, -0.05) is 32.9 Å². The zero-order valence-electron chi connectivity index (χ0n) is 13.3. The van der Waals surface area contributed by atoms with Crippen LogP contribution in [0.1, 0.15) is 45.1 Å². The van der Waals surface area contributed by atoms with Crippen molar-refractivity contribution in [1.29, 1.82) is 0 Å². The van der Waals surface area contributed by atoms with Crippen molar-refractivity contribution in [2.24, 2.45) is 5.92 Å². The van der Waals surface area contributed by atoms with E-state index >= 15 is 0 Å². The van der Waals surface area contributed by atoms with Crippen LogP contribution in [0, 0.1) is 5.92 Å². The van der Waals surface area contributed by atoms with Crippen LogP contribution in [0.15, 0.2) is 24.3 Å². The smallest absolute Gasteiger partial charge is 0.257 e. The summed E-state index contributed by atoms with van der Waals surface area (Å²) in [4.78, 5) is 11.7. The summed E-state index contributed by atoms with van der Waals surface area (Å²) in [6.45, 7) is 7.10. The number of rotatable bonds is 9. The summed E-state index contributed by atoms with van der Waals surface area (Å²) in [5, 5.41) is 11.7. The number of benzene rings is 1. The Bertz CT molecular complexity index is 432. The van der Waals surface area contributed by atoms with E-state index in [9.17, 15) is 4.79 Å². The van der Waals surface area contributed by atoms with Crippen LogP contribution in [0.3, 0.4) is 0 Å². The van der Waals surface area contributed by atoms with E-state index in [0.717, 1.165) is 18.6 Å². The first-order valence-electron chi connectivity index (χ1n) is 7.63. The van der Waals surface area contributed by atoms with E-state index in [1.165, 1.54) is 5.56 Å². The molecule has 4 heteroatoms. The fourth-order valence-corrected chi connectivity index (χ4v) is 1.93. The molecule has 21 heavy (non-hydrogen) atoms. The molecule has 0 aliphatic rings. The van der Waals surface area contributed by atoms with Gasteiger partial charge in [0.25, 0.3) is 5.91 Å². The lowest BCUT2D eigenvalue weighted by atomic mass is 10.0. The predicted molar refractivity (Wildman–Crippen MR) is 84.5 cm³/mol. The second kappa shape index (κ2) is 9.40. The number of aliphatic hydroxyl groups excluding tert-OH is 1.